The standard InChI is InChI=1S/C11H10BrNO5/c12-7-3-5(8(13)11(15)16)9-10(6(7)4-14)18-2-1-17-9/h3-4,8H,1-2,13H2,(H,15,16). The van der Waals surface area contributed by atoms with Crippen LogP contribution in [0.2, 0.25) is 0 Å². The van der Waals surface area contributed by atoms with Crippen LogP contribution in [0.4, 0.5) is 0 Å². The van der Waals surface area contributed by atoms with Crippen LogP contribution in [0, 0.1) is 0 Å². The van der Waals surface area contributed by atoms with Gasteiger partial charge < -0.3 is 20.3 Å². The van der Waals surface area contributed by atoms with Crippen molar-refractivity contribution in [2.24, 2.45) is 5.73 Å². The third kappa shape index (κ3) is 2.06. The molecule has 0 amide bonds. The molecule has 0 saturated heterocycles. The van der Waals surface area contributed by atoms with E-state index in [2.05, 4.69) is 15.9 Å². The van der Waals surface area contributed by atoms with E-state index in [9.17, 15) is 9.59 Å². The molecule has 0 fully saturated rings. The first-order valence-corrected chi connectivity index (χ1v) is 5.91. The Morgan fingerprint density at radius 3 is 2.61 bits per heavy atom. The highest BCUT2D eigenvalue weighted by molar-refractivity contribution is 9.10. The molecule has 1 atom stereocenters. The maximum absolute atomic E-state index is 11.0. The van der Waals surface area contributed by atoms with Gasteiger partial charge in [-0.25, -0.2) is 0 Å². The second-order valence-corrected chi connectivity index (χ2v) is 4.50. The molecule has 0 aromatic heterocycles. The van der Waals surface area contributed by atoms with E-state index in [0.717, 1.165) is 0 Å². The van der Waals surface area contributed by atoms with Gasteiger partial charge in [0.25, 0.3) is 0 Å². The molecule has 2 rings (SSSR count). The molecule has 0 spiro atoms. The summed E-state index contributed by atoms with van der Waals surface area (Å²) in [4.78, 5) is 21.9. The number of benzene rings is 1. The Morgan fingerprint density at radius 1 is 1.44 bits per heavy atom. The van der Waals surface area contributed by atoms with E-state index in [1.54, 1.807) is 0 Å². The Kier molecular flexibility index (Phi) is 3.53. The number of nitrogens with two attached hydrogens (primary N) is 1. The smallest absolute Gasteiger partial charge is 0.325 e. The maximum atomic E-state index is 11.0. The lowest BCUT2D eigenvalue weighted by molar-refractivity contribution is -0.138. The lowest BCUT2D eigenvalue weighted by atomic mass is 10.0. The number of hydrogen-bond donors (Lipinski definition) is 2. The van der Waals surface area contributed by atoms with Crippen LogP contribution in [-0.2, 0) is 4.79 Å². The summed E-state index contributed by atoms with van der Waals surface area (Å²) in [5.41, 5.74) is 6.13. The summed E-state index contributed by atoms with van der Waals surface area (Å²) in [6.07, 6.45) is 0.619. The fraction of sp³-hybridized carbons (Fsp3) is 0.273. The zero-order valence-electron chi connectivity index (χ0n) is 9.18. The molecule has 1 heterocycles. The third-order valence-corrected chi connectivity index (χ3v) is 3.20. The Balaban J connectivity index is 2.64. The molecule has 0 bridgehead atoms. The van der Waals surface area contributed by atoms with Gasteiger partial charge in [0.15, 0.2) is 17.8 Å². The normalized spacial score (nSPS) is 15.0. The van der Waals surface area contributed by atoms with Crippen LogP contribution in [0.25, 0.3) is 0 Å². The highest BCUT2D eigenvalue weighted by Gasteiger charge is 2.28. The van der Waals surface area contributed by atoms with Gasteiger partial charge in [0.05, 0.1) is 5.56 Å². The van der Waals surface area contributed by atoms with Crippen molar-refractivity contribution >= 4 is 28.2 Å². The molecule has 1 aromatic carbocycles. The lowest BCUT2D eigenvalue weighted by Crippen LogP contribution is -2.25. The molecule has 0 aliphatic carbocycles. The molecule has 3 N–H and O–H groups in total. The molecule has 0 saturated carbocycles. The molecule has 7 heteroatoms. The van der Waals surface area contributed by atoms with E-state index in [1.165, 1.54) is 6.07 Å². The monoisotopic (exact) mass is 315 g/mol. The summed E-state index contributed by atoms with van der Waals surface area (Å²) >= 11 is 3.19. The fourth-order valence-corrected chi connectivity index (χ4v) is 2.22. The summed E-state index contributed by atoms with van der Waals surface area (Å²) in [7, 11) is 0. The second-order valence-electron chi connectivity index (χ2n) is 3.65. The zero-order valence-corrected chi connectivity index (χ0v) is 10.8. The minimum Gasteiger partial charge on any atom is -0.486 e. The van der Waals surface area contributed by atoms with Gasteiger partial charge in [-0.2, -0.15) is 0 Å². The van der Waals surface area contributed by atoms with E-state index in [-0.39, 0.29) is 29.2 Å². The van der Waals surface area contributed by atoms with Crippen LogP contribution < -0.4 is 15.2 Å². The van der Waals surface area contributed by atoms with Gasteiger partial charge in [-0.15, -0.1) is 0 Å². The summed E-state index contributed by atoms with van der Waals surface area (Å²) in [6, 6.07) is 0.230. The molecule has 96 valence electrons. The predicted octanol–water partition coefficient (Wildman–Crippen LogP) is 1.12. The largest absolute Gasteiger partial charge is 0.486 e. The average molecular weight is 316 g/mol. The Morgan fingerprint density at radius 2 is 2.06 bits per heavy atom. The van der Waals surface area contributed by atoms with E-state index < -0.39 is 12.0 Å². The number of hydrogen-bond acceptors (Lipinski definition) is 5. The van der Waals surface area contributed by atoms with E-state index >= 15 is 0 Å². The number of aldehydes is 1. The van der Waals surface area contributed by atoms with Crippen molar-refractivity contribution in [3.05, 3.63) is 21.7 Å². The molecule has 1 aromatic rings. The molecule has 1 aliphatic heterocycles. The van der Waals surface area contributed by atoms with Gasteiger partial charge in [0, 0.05) is 10.0 Å². The average Bonchev–Trinajstić information content (AvgIpc) is 2.37. The van der Waals surface area contributed by atoms with Gasteiger partial charge in [-0.3, -0.25) is 9.59 Å². The fourth-order valence-electron chi connectivity index (χ4n) is 1.70. The van der Waals surface area contributed by atoms with Gasteiger partial charge in [0.2, 0.25) is 0 Å². The van der Waals surface area contributed by atoms with Gasteiger partial charge in [-0.1, -0.05) is 0 Å². The number of rotatable bonds is 3. The minimum absolute atomic E-state index is 0.224. The van der Waals surface area contributed by atoms with E-state index in [1.807, 2.05) is 0 Å². The van der Waals surface area contributed by atoms with Crippen LogP contribution >= 0.6 is 15.9 Å². The van der Waals surface area contributed by atoms with Gasteiger partial charge >= 0.3 is 5.97 Å². The summed E-state index contributed by atoms with van der Waals surface area (Å²) < 4.78 is 11.2. The van der Waals surface area contributed by atoms with Crippen molar-refractivity contribution < 1.29 is 24.2 Å². The zero-order chi connectivity index (χ0) is 13.3. The molecular formula is C11H10BrNO5. The summed E-state index contributed by atoms with van der Waals surface area (Å²) in [5.74, 6) is -0.726. The topological polar surface area (TPSA) is 98.9 Å². The Hall–Kier alpha value is -1.60. The highest BCUT2D eigenvalue weighted by Crippen LogP contribution is 2.42. The molecule has 0 radical (unpaired) electrons. The Bertz CT molecular complexity index is 517. The molecule has 1 aliphatic rings. The van der Waals surface area contributed by atoms with E-state index in [0.29, 0.717) is 17.4 Å². The lowest BCUT2D eigenvalue weighted by Gasteiger charge is -2.24. The van der Waals surface area contributed by atoms with Crippen molar-refractivity contribution in [1.29, 1.82) is 0 Å². The van der Waals surface area contributed by atoms with Crippen molar-refractivity contribution in [2.45, 2.75) is 6.04 Å². The Labute approximate surface area is 111 Å². The third-order valence-electron chi connectivity index (χ3n) is 2.55. The number of carboxylic acids is 1. The number of aliphatic carboxylic acids is 1. The van der Waals surface area contributed by atoms with Crippen molar-refractivity contribution in [2.75, 3.05) is 13.2 Å². The second kappa shape index (κ2) is 4.95. The molecule has 1 unspecified atom stereocenters. The quantitative estimate of drug-likeness (QED) is 0.811. The number of halogens is 1. The van der Waals surface area contributed by atoms with Crippen LogP contribution in [0.5, 0.6) is 11.5 Å². The van der Waals surface area contributed by atoms with E-state index in [4.69, 9.17) is 20.3 Å². The minimum atomic E-state index is -1.24. The number of ether oxygens (including phenoxy) is 2. The first kappa shape index (κ1) is 12.8. The van der Waals surface area contributed by atoms with Crippen LogP contribution in [0.3, 0.4) is 0 Å². The van der Waals surface area contributed by atoms with Crippen LogP contribution in [-0.4, -0.2) is 30.6 Å². The molecular weight excluding hydrogens is 306 g/mol. The van der Waals surface area contributed by atoms with Crippen molar-refractivity contribution in [3.63, 3.8) is 0 Å². The van der Waals surface area contributed by atoms with Gasteiger partial charge in [0.1, 0.15) is 19.3 Å². The summed E-state index contributed by atoms with van der Waals surface area (Å²) in [5, 5.41) is 8.95. The first-order valence-electron chi connectivity index (χ1n) is 5.11. The first-order chi connectivity index (χ1) is 8.56. The number of carbonyl (C=O) groups is 2. The highest BCUT2D eigenvalue weighted by atomic mass is 79.9. The number of fused-ring (bicyclic) bond motifs is 1. The number of carboxylic acid groups (broad SMARTS) is 1. The molecule has 18 heavy (non-hydrogen) atoms. The maximum Gasteiger partial charge on any atom is 0.325 e. The number of carbonyl (C=O) groups excluding carboxylic acids is 1. The van der Waals surface area contributed by atoms with Crippen molar-refractivity contribution in [1.82, 2.24) is 0 Å². The van der Waals surface area contributed by atoms with Crippen molar-refractivity contribution in [3.8, 4) is 11.5 Å². The SMILES string of the molecule is NC(C(=O)O)c1cc(Br)c(C=O)c2c1OCCO2. The summed E-state index contributed by atoms with van der Waals surface area (Å²) in [6.45, 7) is 0.582. The predicted molar refractivity (Wildman–Crippen MR) is 65.1 cm³/mol. The van der Waals surface area contributed by atoms with Crippen LogP contribution in [0.1, 0.15) is 22.0 Å². The van der Waals surface area contributed by atoms with Crippen LogP contribution in [0.15, 0.2) is 10.5 Å². The van der Waals surface area contributed by atoms with Gasteiger partial charge in [-0.05, 0) is 22.0 Å². The molecule has 6 nitrogen and oxygen atoms in total.